The van der Waals surface area contributed by atoms with Crippen LogP contribution in [0, 0.1) is 5.82 Å². The summed E-state index contributed by atoms with van der Waals surface area (Å²) < 4.78 is 19.0. The molecule has 8 nitrogen and oxygen atoms in total. The number of hydrogen-bond acceptors (Lipinski definition) is 5. The van der Waals surface area contributed by atoms with Crippen LogP contribution in [0.15, 0.2) is 97.2 Å². The van der Waals surface area contributed by atoms with Crippen molar-refractivity contribution in [2.24, 2.45) is 0 Å². The SMILES string of the molecule is O=C(Nc1cccc([C@@H]2OC(=O)N(Cc3cccc(Cl)c3)[C@@H]2C(=O)NCc2ccccn2)c1)c1ccc(F)cc1. The number of amides is 3. The first-order valence-corrected chi connectivity index (χ1v) is 12.8. The predicted octanol–water partition coefficient (Wildman–Crippen LogP) is 5.50. The summed E-state index contributed by atoms with van der Waals surface area (Å²) in [7, 11) is 0. The Kier molecular flexibility index (Phi) is 8.02. The minimum absolute atomic E-state index is 0.0958. The van der Waals surface area contributed by atoms with Crippen LogP contribution >= 0.6 is 11.6 Å². The van der Waals surface area contributed by atoms with Crippen LogP contribution < -0.4 is 10.6 Å². The van der Waals surface area contributed by atoms with Crippen LogP contribution in [-0.4, -0.2) is 33.8 Å². The number of hydrogen-bond donors (Lipinski definition) is 2. The Hall–Kier alpha value is -4.76. The second kappa shape index (κ2) is 12.0. The first-order valence-electron chi connectivity index (χ1n) is 12.4. The Morgan fingerprint density at radius 1 is 0.975 bits per heavy atom. The number of halogens is 2. The molecule has 1 fully saturated rings. The van der Waals surface area contributed by atoms with Gasteiger partial charge in [0.05, 0.1) is 18.8 Å². The first-order chi connectivity index (χ1) is 19.4. The molecule has 0 radical (unpaired) electrons. The van der Waals surface area contributed by atoms with Crippen LogP contribution in [0.1, 0.15) is 33.3 Å². The number of carbonyl (C=O) groups excluding carboxylic acids is 3. The molecule has 1 aromatic heterocycles. The van der Waals surface area contributed by atoms with Crippen LogP contribution in [-0.2, 0) is 22.6 Å². The summed E-state index contributed by atoms with van der Waals surface area (Å²) in [6.45, 7) is 0.258. The fourth-order valence-electron chi connectivity index (χ4n) is 4.42. The predicted molar refractivity (Wildman–Crippen MR) is 147 cm³/mol. The van der Waals surface area contributed by atoms with Crippen molar-refractivity contribution in [1.29, 1.82) is 0 Å². The van der Waals surface area contributed by atoms with E-state index in [2.05, 4.69) is 15.6 Å². The largest absolute Gasteiger partial charge is 0.438 e. The van der Waals surface area contributed by atoms with Gasteiger partial charge in [0, 0.05) is 22.5 Å². The van der Waals surface area contributed by atoms with Gasteiger partial charge in [-0.3, -0.25) is 19.5 Å². The van der Waals surface area contributed by atoms with Gasteiger partial charge < -0.3 is 15.4 Å². The molecule has 1 aliphatic heterocycles. The van der Waals surface area contributed by atoms with Crippen molar-refractivity contribution < 1.29 is 23.5 Å². The highest BCUT2D eigenvalue weighted by Crippen LogP contribution is 2.35. The van der Waals surface area contributed by atoms with Gasteiger partial charge in [0.15, 0.2) is 12.1 Å². The molecule has 1 aliphatic rings. The summed E-state index contributed by atoms with van der Waals surface area (Å²) in [4.78, 5) is 44.9. The molecule has 3 amide bonds. The molecule has 2 N–H and O–H groups in total. The highest BCUT2D eigenvalue weighted by molar-refractivity contribution is 6.30. The zero-order valence-corrected chi connectivity index (χ0v) is 21.8. The molecule has 10 heteroatoms. The maximum absolute atomic E-state index is 13.6. The van der Waals surface area contributed by atoms with E-state index in [1.807, 2.05) is 6.07 Å². The van der Waals surface area contributed by atoms with E-state index in [9.17, 15) is 18.8 Å². The van der Waals surface area contributed by atoms with Crippen LogP contribution in [0.4, 0.5) is 14.9 Å². The average molecular weight is 559 g/mol. The third-order valence-corrected chi connectivity index (χ3v) is 6.58. The topological polar surface area (TPSA) is 101 Å². The van der Waals surface area contributed by atoms with Crippen LogP contribution in [0.2, 0.25) is 5.02 Å². The molecule has 2 heterocycles. The van der Waals surface area contributed by atoms with Crippen molar-refractivity contribution in [3.05, 3.63) is 130 Å². The molecule has 40 heavy (non-hydrogen) atoms. The number of pyridine rings is 1. The van der Waals surface area contributed by atoms with Gasteiger partial charge in [-0.1, -0.05) is 41.9 Å². The number of carbonyl (C=O) groups is 3. The van der Waals surface area contributed by atoms with E-state index in [0.29, 0.717) is 22.0 Å². The smallest absolute Gasteiger partial charge is 0.411 e. The van der Waals surface area contributed by atoms with Crippen LogP contribution in [0.3, 0.4) is 0 Å². The van der Waals surface area contributed by atoms with Gasteiger partial charge in [-0.05, 0) is 71.8 Å². The number of ether oxygens (including phenoxy) is 1. The van der Waals surface area contributed by atoms with Crippen molar-refractivity contribution in [2.75, 3.05) is 5.32 Å². The van der Waals surface area contributed by atoms with E-state index in [0.717, 1.165) is 5.56 Å². The molecule has 0 spiro atoms. The standard InChI is InChI=1S/C30H24ClFN4O4/c31-22-7-3-5-19(15-22)18-36-26(29(38)34-17-25-8-1-2-14-33-25)27(40-30(36)39)21-6-4-9-24(16-21)35-28(37)20-10-12-23(32)13-11-20/h1-16,26-27H,17-18H2,(H,34,38)(H,35,37)/t26-,27-/m0/s1. The van der Waals surface area contributed by atoms with Crippen LogP contribution in [0.25, 0.3) is 0 Å². The Morgan fingerprint density at radius 3 is 2.52 bits per heavy atom. The fourth-order valence-corrected chi connectivity index (χ4v) is 4.64. The molecule has 2 atom stereocenters. The van der Waals surface area contributed by atoms with Crippen molar-refractivity contribution in [3.8, 4) is 0 Å². The van der Waals surface area contributed by atoms with Gasteiger partial charge in [0.25, 0.3) is 5.91 Å². The summed E-state index contributed by atoms with van der Waals surface area (Å²) >= 11 is 6.14. The Labute approximate surface area is 234 Å². The van der Waals surface area contributed by atoms with Crippen molar-refractivity contribution in [1.82, 2.24) is 15.2 Å². The van der Waals surface area contributed by atoms with Gasteiger partial charge >= 0.3 is 6.09 Å². The summed E-state index contributed by atoms with van der Waals surface area (Å²) in [6.07, 6.45) is 0.00532. The highest BCUT2D eigenvalue weighted by Gasteiger charge is 2.47. The first kappa shape index (κ1) is 26.8. The lowest BCUT2D eigenvalue weighted by atomic mass is 10.00. The summed E-state index contributed by atoms with van der Waals surface area (Å²) in [5.74, 6) is -1.31. The monoisotopic (exact) mass is 558 g/mol. The van der Waals surface area contributed by atoms with Crippen LogP contribution in [0.5, 0.6) is 0 Å². The van der Waals surface area contributed by atoms with E-state index >= 15 is 0 Å². The maximum Gasteiger partial charge on any atom is 0.411 e. The Morgan fingerprint density at radius 2 is 1.77 bits per heavy atom. The number of nitrogens with zero attached hydrogens (tertiary/aromatic N) is 2. The second-order valence-electron chi connectivity index (χ2n) is 9.13. The number of rotatable bonds is 8. The lowest BCUT2D eigenvalue weighted by Gasteiger charge is -2.24. The van der Waals surface area contributed by atoms with E-state index in [4.69, 9.17) is 16.3 Å². The summed E-state index contributed by atoms with van der Waals surface area (Å²) in [5, 5.41) is 6.12. The summed E-state index contributed by atoms with van der Waals surface area (Å²) in [5.41, 5.74) is 2.59. The molecule has 4 aromatic rings. The van der Waals surface area contributed by atoms with Crippen molar-refractivity contribution >= 4 is 35.2 Å². The second-order valence-corrected chi connectivity index (χ2v) is 9.57. The third kappa shape index (κ3) is 6.27. The van der Waals surface area contributed by atoms with Gasteiger partial charge in [-0.15, -0.1) is 0 Å². The number of cyclic esters (lactones) is 1. The molecule has 202 valence electrons. The summed E-state index contributed by atoms with van der Waals surface area (Å²) in [6, 6.07) is 23.2. The molecule has 0 bridgehead atoms. The van der Waals surface area contributed by atoms with Crippen molar-refractivity contribution in [2.45, 2.75) is 25.2 Å². The molecule has 5 rings (SSSR count). The average Bonchev–Trinajstić information content (AvgIpc) is 3.28. The lowest BCUT2D eigenvalue weighted by molar-refractivity contribution is -0.126. The quantitative estimate of drug-likeness (QED) is 0.297. The van der Waals surface area contributed by atoms with Gasteiger partial charge in [0.1, 0.15) is 5.82 Å². The van der Waals surface area contributed by atoms with E-state index in [1.165, 1.54) is 29.2 Å². The molecule has 0 saturated carbocycles. The Bertz CT molecular complexity index is 1530. The molecular weight excluding hydrogens is 535 g/mol. The molecule has 1 saturated heterocycles. The van der Waals surface area contributed by atoms with Gasteiger partial charge in [-0.2, -0.15) is 0 Å². The highest BCUT2D eigenvalue weighted by atomic mass is 35.5. The Balaban J connectivity index is 1.40. The number of aromatic nitrogens is 1. The zero-order chi connectivity index (χ0) is 28.1. The molecule has 0 unspecified atom stereocenters. The van der Waals surface area contributed by atoms with E-state index in [-0.39, 0.29) is 18.7 Å². The molecule has 0 aliphatic carbocycles. The molecule has 3 aromatic carbocycles. The maximum atomic E-state index is 13.6. The van der Waals surface area contributed by atoms with Crippen molar-refractivity contribution in [3.63, 3.8) is 0 Å². The van der Waals surface area contributed by atoms with E-state index < -0.39 is 35.9 Å². The minimum atomic E-state index is -1.02. The minimum Gasteiger partial charge on any atom is -0.438 e. The number of benzene rings is 3. The molecular formula is C30H24ClFN4O4. The van der Waals surface area contributed by atoms with Gasteiger partial charge in [-0.25, -0.2) is 9.18 Å². The normalized spacial score (nSPS) is 16.4. The van der Waals surface area contributed by atoms with E-state index in [1.54, 1.807) is 66.9 Å². The number of nitrogens with one attached hydrogen (secondary N) is 2. The number of anilines is 1. The third-order valence-electron chi connectivity index (χ3n) is 6.34. The lowest BCUT2D eigenvalue weighted by Crippen LogP contribution is -2.46. The van der Waals surface area contributed by atoms with Gasteiger partial charge in [0.2, 0.25) is 5.91 Å². The fraction of sp³-hybridized carbons (Fsp3) is 0.133. The zero-order valence-electron chi connectivity index (χ0n) is 21.1.